The molecule has 5 heteroatoms. The number of benzene rings is 1. The van der Waals surface area contributed by atoms with E-state index >= 15 is 0 Å². The lowest BCUT2D eigenvalue weighted by atomic mass is 10.1. The normalized spacial score (nSPS) is 18.7. The predicted octanol–water partition coefficient (Wildman–Crippen LogP) is 1.26. The molecule has 0 aliphatic carbocycles. The molecule has 1 aliphatic heterocycles. The second kappa shape index (κ2) is 5.27. The predicted molar refractivity (Wildman–Crippen MR) is 66.0 cm³/mol. The number of phenols is 1. The van der Waals surface area contributed by atoms with Gasteiger partial charge in [0.1, 0.15) is 0 Å². The van der Waals surface area contributed by atoms with Crippen LogP contribution in [0.4, 0.5) is 0 Å². The number of amides is 1. The van der Waals surface area contributed by atoms with Gasteiger partial charge in [-0.05, 0) is 24.6 Å². The molecule has 0 aromatic heterocycles. The Labute approximate surface area is 106 Å². The van der Waals surface area contributed by atoms with Gasteiger partial charge in [-0.2, -0.15) is 0 Å². The molecule has 0 spiro atoms. The summed E-state index contributed by atoms with van der Waals surface area (Å²) in [6.07, 6.45) is 0.852. The van der Waals surface area contributed by atoms with Gasteiger partial charge in [0.05, 0.1) is 19.8 Å². The molecular weight excluding hydrogens is 234 g/mol. The van der Waals surface area contributed by atoms with Gasteiger partial charge < -0.3 is 19.5 Å². The molecule has 0 bridgehead atoms. The first-order valence-corrected chi connectivity index (χ1v) is 5.85. The molecule has 5 nitrogen and oxygen atoms in total. The van der Waals surface area contributed by atoms with Crippen molar-refractivity contribution < 1.29 is 19.4 Å². The van der Waals surface area contributed by atoms with Crippen molar-refractivity contribution in [2.75, 3.05) is 27.4 Å². The number of rotatable bonds is 3. The Morgan fingerprint density at radius 1 is 1.56 bits per heavy atom. The number of aromatic hydroxyl groups is 1. The quantitative estimate of drug-likeness (QED) is 0.878. The molecule has 1 atom stereocenters. The second-order valence-corrected chi connectivity index (χ2v) is 4.32. The average Bonchev–Trinajstić information content (AvgIpc) is 2.90. The van der Waals surface area contributed by atoms with E-state index in [9.17, 15) is 9.90 Å². The van der Waals surface area contributed by atoms with Crippen LogP contribution in [0, 0.1) is 0 Å². The van der Waals surface area contributed by atoms with Crippen molar-refractivity contribution in [1.82, 2.24) is 4.90 Å². The Morgan fingerprint density at radius 2 is 2.33 bits per heavy atom. The summed E-state index contributed by atoms with van der Waals surface area (Å²) in [5.74, 6) is 0.210. The van der Waals surface area contributed by atoms with Gasteiger partial charge in [0, 0.05) is 19.2 Å². The van der Waals surface area contributed by atoms with E-state index in [1.165, 1.54) is 13.2 Å². The molecule has 0 radical (unpaired) electrons. The van der Waals surface area contributed by atoms with Crippen LogP contribution in [0.15, 0.2) is 18.2 Å². The number of likely N-dealkylation sites (N-methyl/N-ethyl adjacent to an activating group) is 1. The first-order chi connectivity index (χ1) is 8.63. The summed E-state index contributed by atoms with van der Waals surface area (Å²) in [7, 11) is 3.22. The van der Waals surface area contributed by atoms with E-state index in [0.29, 0.717) is 24.5 Å². The summed E-state index contributed by atoms with van der Waals surface area (Å²) >= 11 is 0. The minimum absolute atomic E-state index is 0.0283. The second-order valence-electron chi connectivity index (χ2n) is 4.32. The van der Waals surface area contributed by atoms with Gasteiger partial charge in [0.2, 0.25) is 0 Å². The average molecular weight is 251 g/mol. The lowest BCUT2D eigenvalue weighted by Gasteiger charge is -2.23. The number of phenolic OH excluding ortho intramolecular Hbond substituents is 1. The maximum Gasteiger partial charge on any atom is 0.254 e. The maximum atomic E-state index is 12.2. The van der Waals surface area contributed by atoms with Gasteiger partial charge in [-0.1, -0.05) is 0 Å². The Balaban J connectivity index is 2.15. The van der Waals surface area contributed by atoms with Gasteiger partial charge in [-0.3, -0.25) is 4.79 Å². The molecule has 18 heavy (non-hydrogen) atoms. The number of hydrogen-bond acceptors (Lipinski definition) is 4. The third-order valence-electron chi connectivity index (χ3n) is 3.20. The van der Waals surface area contributed by atoms with Crippen molar-refractivity contribution in [3.05, 3.63) is 23.8 Å². The Morgan fingerprint density at radius 3 is 2.89 bits per heavy atom. The minimum Gasteiger partial charge on any atom is -0.504 e. The highest BCUT2D eigenvalue weighted by molar-refractivity contribution is 5.95. The molecule has 1 unspecified atom stereocenters. The zero-order valence-electron chi connectivity index (χ0n) is 10.5. The van der Waals surface area contributed by atoms with Crippen molar-refractivity contribution in [2.45, 2.75) is 12.5 Å². The topological polar surface area (TPSA) is 59.0 Å². The van der Waals surface area contributed by atoms with Gasteiger partial charge in [-0.25, -0.2) is 0 Å². The summed E-state index contributed by atoms with van der Waals surface area (Å²) in [6, 6.07) is 4.77. The van der Waals surface area contributed by atoms with Crippen LogP contribution in [0.3, 0.4) is 0 Å². The van der Waals surface area contributed by atoms with E-state index in [2.05, 4.69) is 0 Å². The molecule has 0 saturated carbocycles. The maximum absolute atomic E-state index is 12.2. The number of hydrogen-bond donors (Lipinski definition) is 1. The monoisotopic (exact) mass is 251 g/mol. The van der Waals surface area contributed by atoms with Crippen molar-refractivity contribution in [3.8, 4) is 11.5 Å². The highest BCUT2D eigenvalue weighted by Gasteiger charge is 2.25. The number of methoxy groups -OCH3 is 1. The summed E-state index contributed by atoms with van der Waals surface area (Å²) < 4.78 is 10.2. The molecule has 1 aromatic rings. The lowest BCUT2D eigenvalue weighted by Crippen LogP contribution is -2.37. The third kappa shape index (κ3) is 2.41. The fourth-order valence-corrected chi connectivity index (χ4v) is 2.02. The molecule has 1 saturated heterocycles. The Hall–Kier alpha value is -1.75. The number of nitrogens with zero attached hydrogens (tertiary/aromatic N) is 1. The molecule has 1 aliphatic rings. The van der Waals surface area contributed by atoms with Crippen LogP contribution in [-0.4, -0.2) is 49.3 Å². The fourth-order valence-electron chi connectivity index (χ4n) is 2.02. The van der Waals surface area contributed by atoms with Gasteiger partial charge >= 0.3 is 0 Å². The molecule has 1 aromatic carbocycles. The summed E-state index contributed by atoms with van der Waals surface area (Å²) in [5.41, 5.74) is 0.447. The van der Waals surface area contributed by atoms with Gasteiger partial charge in [0.25, 0.3) is 5.91 Å². The summed E-state index contributed by atoms with van der Waals surface area (Å²) in [6.45, 7) is 1.26. The van der Waals surface area contributed by atoms with Crippen LogP contribution >= 0.6 is 0 Å². The van der Waals surface area contributed by atoms with E-state index in [1.807, 2.05) is 0 Å². The largest absolute Gasteiger partial charge is 0.504 e. The van der Waals surface area contributed by atoms with Crippen molar-refractivity contribution in [2.24, 2.45) is 0 Å². The Bertz CT molecular complexity index is 441. The van der Waals surface area contributed by atoms with Gasteiger partial charge in [-0.15, -0.1) is 0 Å². The van der Waals surface area contributed by atoms with Gasteiger partial charge in [0.15, 0.2) is 11.5 Å². The first-order valence-electron chi connectivity index (χ1n) is 5.85. The number of carbonyl (C=O) groups is 1. The Kier molecular flexibility index (Phi) is 3.72. The van der Waals surface area contributed by atoms with E-state index in [1.54, 1.807) is 24.1 Å². The van der Waals surface area contributed by atoms with Crippen LogP contribution < -0.4 is 4.74 Å². The highest BCUT2D eigenvalue weighted by atomic mass is 16.5. The highest BCUT2D eigenvalue weighted by Crippen LogP contribution is 2.27. The molecule has 1 heterocycles. The van der Waals surface area contributed by atoms with Crippen molar-refractivity contribution in [3.63, 3.8) is 0 Å². The van der Waals surface area contributed by atoms with E-state index in [0.717, 1.165) is 6.42 Å². The standard InChI is InChI=1S/C13H17NO4/c1-14(10-5-6-18-8-10)13(16)9-3-4-12(17-2)11(15)7-9/h3-4,7,10,15H,5-6,8H2,1-2H3. The fraction of sp³-hybridized carbons (Fsp3) is 0.462. The van der Waals surface area contributed by atoms with E-state index in [-0.39, 0.29) is 17.7 Å². The van der Waals surface area contributed by atoms with Crippen LogP contribution in [0.5, 0.6) is 11.5 Å². The zero-order valence-corrected chi connectivity index (χ0v) is 10.5. The summed E-state index contributed by atoms with van der Waals surface area (Å²) in [5, 5.41) is 9.67. The van der Waals surface area contributed by atoms with E-state index < -0.39 is 0 Å². The smallest absolute Gasteiger partial charge is 0.254 e. The van der Waals surface area contributed by atoms with E-state index in [4.69, 9.17) is 9.47 Å². The molecular formula is C13H17NO4. The molecule has 1 fully saturated rings. The van der Waals surface area contributed by atoms with Crippen LogP contribution in [0.2, 0.25) is 0 Å². The minimum atomic E-state index is -0.122. The first kappa shape index (κ1) is 12.7. The lowest BCUT2D eigenvalue weighted by molar-refractivity contribution is 0.0711. The third-order valence-corrected chi connectivity index (χ3v) is 3.20. The van der Waals surface area contributed by atoms with Crippen LogP contribution in [0.1, 0.15) is 16.8 Å². The van der Waals surface area contributed by atoms with Crippen LogP contribution in [0.25, 0.3) is 0 Å². The molecule has 1 N–H and O–H groups in total. The number of carbonyl (C=O) groups excluding carboxylic acids is 1. The zero-order chi connectivity index (χ0) is 13.1. The van der Waals surface area contributed by atoms with Crippen molar-refractivity contribution >= 4 is 5.91 Å². The molecule has 1 amide bonds. The van der Waals surface area contributed by atoms with Crippen molar-refractivity contribution in [1.29, 1.82) is 0 Å². The van der Waals surface area contributed by atoms with Crippen LogP contribution in [-0.2, 0) is 4.74 Å². The SMILES string of the molecule is COc1ccc(C(=O)N(C)C2CCOC2)cc1O. The number of ether oxygens (including phenoxy) is 2. The molecule has 98 valence electrons. The summed E-state index contributed by atoms with van der Waals surface area (Å²) in [4.78, 5) is 13.9. The molecule has 2 rings (SSSR count).